The molecule has 1 N–H and O–H groups in total. The van der Waals surface area contributed by atoms with Crippen LogP contribution in [-0.4, -0.2) is 5.11 Å². The predicted molar refractivity (Wildman–Crippen MR) is 81.2 cm³/mol. The summed E-state index contributed by atoms with van der Waals surface area (Å²) in [6.45, 7) is 6.36. The first kappa shape index (κ1) is 14.7. The van der Waals surface area contributed by atoms with Crippen molar-refractivity contribution in [1.82, 2.24) is 0 Å². The summed E-state index contributed by atoms with van der Waals surface area (Å²) < 4.78 is 14.3. The molecule has 0 spiro atoms. The van der Waals surface area contributed by atoms with Gasteiger partial charge >= 0.3 is 0 Å². The lowest BCUT2D eigenvalue weighted by Gasteiger charge is -2.16. The molecule has 0 radical (unpaired) electrons. The van der Waals surface area contributed by atoms with Crippen LogP contribution < -0.4 is 0 Å². The maximum Gasteiger partial charge on any atom is 0.143 e. The highest BCUT2D eigenvalue weighted by molar-refractivity contribution is 9.10. The van der Waals surface area contributed by atoms with Crippen LogP contribution in [0.5, 0.6) is 0 Å². The SMILES string of the molecule is CC(C)(C)c1ccc(C(O)c2cccc(Br)c2F)s1. The van der Waals surface area contributed by atoms with Gasteiger partial charge in [-0.1, -0.05) is 32.9 Å². The van der Waals surface area contributed by atoms with Crippen LogP contribution in [0, 0.1) is 5.82 Å². The molecular formula is C15H16BrFOS. The first-order chi connectivity index (χ1) is 8.80. The Labute approximate surface area is 125 Å². The van der Waals surface area contributed by atoms with Gasteiger partial charge in [-0.2, -0.15) is 0 Å². The lowest BCUT2D eigenvalue weighted by Crippen LogP contribution is -2.08. The molecule has 19 heavy (non-hydrogen) atoms. The van der Waals surface area contributed by atoms with E-state index in [2.05, 4.69) is 36.7 Å². The van der Waals surface area contributed by atoms with Gasteiger partial charge in [0.15, 0.2) is 0 Å². The molecule has 0 saturated heterocycles. The third kappa shape index (κ3) is 3.07. The van der Waals surface area contributed by atoms with Gasteiger partial charge in [-0.3, -0.25) is 0 Å². The normalized spacial score (nSPS) is 13.6. The quantitative estimate of drug-likeness (QED) is 0.811. The number of aliphatic hydroxyl groups is 1. The van der Waals surface area contributed by atoms with Crippen molar-refractivity contribution < 1.29 is 9.50 Å². The second kappa shape index (κ2) is 5.35. The zero-order chi connectivity index (χ0) is 14.2. The number of hydrogen-bond donors (Lipinski definition) is 1. The van der Waals surface area contributed by atoms with Crippen LogP contribution >= 0.6 is 27.3 Å². The van der Waals surface area contributed by atoms with Crippen molar-refractivity contribution in [3.8, 4) is 0 Å². The Bertz CT molecular complexity index is 586. The van der Waals surface area contributed by atoms with Gasteiger partial charge in [0.2, 0.25) is 0 Å². The van der Waals surface area contributed by atoms with Crippen molar-refractivity contribution >= 4 is 27.3 Å². The summed E-state index contributed by atoms with van der Waals surface area (Å²) in [5, 5.41) is 10.3. The summed E-state index contributed by atoms with van der Waals surface area (Å²) >= 11 is 4.67. The smallest absolute Gasteiger partial charge is 0.143 e. The molecule has 0 aliphatic carbocycles. The highest BCUT2D eigenvalue weighted by Gasteiger charge is 2.21. The average Bonchev–Trinajstić information content (AvgIpc) is 2.81. The molecule has 1 atom stereocenters. The molecule has 0 amide bonds. The maximum atomic E-state index is 14.0. The fraction of sp³-hybridized carbons (Fsp3) is 0.333. The van der Waals surface area contributed by atoms with Crippen LogP contribution in [0.3, 0.4) is 0 Å². The zero-order valence-electron chi connectivity index (χ0n) is 11.1. The summed E-state index contributed by atoms with van der Waals surface area (Å²) in [5.74, 6) is -0.402. The molecule has 1 heterocycles. The lowest BCUT2D eigenvalue weighted by atomic mass is 9.95. The highest BCUT2D eigenvalue weighted by atomic mass is 79.9. The topological polar surface area (TPSA) is 20.2 Å². The lowest BCUT2D eigenvalue weighted by molar-refractivity contribution is 0.218. The van der Waals surface area contributed by atoms with Crippen molar-refractivity contribution in [2.45, 2.75) is 32.3 Å². The molecule has 1 aromatic heterocycles. The van der Waals surface area contributed by atoms with Gasteiger partial charge in [-0.25, -0.2) is 4.39 Å². The molecule has 0 aliphatic rings. The molecular weight excluding hydrogens is 327 g/mol. The third-order valence-electron chi connectivity index (χ3n) is 2.91. The summed E-state index contributed by atoms with van der Waals surface area (Å²) in [6, 6.07) is 8.83. The Balaban J connectivity index is 2.37. The monoisotopic (exact) mass is 342 g/mol. The van der Waals surface area contributed by atoms with E-state index >= 15 is 0 Å². The van der Waals surface area contributed by atoms with E-state index in [1.807, 2.05) is 12.1 Å². The van der Waals surface area contributed by atoms with E-state index in [9.17, 15) is 9.50 Å². The number of thiophene rings is 1. The van der Waals surface area contributed by atoms with Crippen molar-refractivity contribution in [2.24, 2.45) is 0 Å². The van der Waals surface area contributed by atoms with E-state index in [1.165, 1.54) is 16.2 Å². The minimum atomic E-state index is -0.918. The molecule has 1 aromatic carbocycles. The standard InChI is InChI=1S/C15H16BrFOS/c1-15(2,3)12-8-7-11(19-12)14(18)9-5-4-6-10(16)13(9)17/h4-8,14,18H,1-3H3. The third-order valence-corrected chi connectivity index (χ3v) is 5.09. The van der Waals surface area contributed by atoms with Crippen LogP contribution in [0.1, 0.15) is 42.2 Å². The Hall–Kier alpha value is -0.710. The molecule has 0 bridgehead atoms. The molecule has 2 rings (SSSR count). The molecule has 102 valence electrons. The van der Waals surface area contributed by atoms with Crippen molar-refractivity contribution in [2.75, 3.05) is 0 Å². The van der Waals surface area contributed by atoms with Gasteiger partial charge in [-0.15, -0.1) is 11.3 Å². The van der Waals surface area contributed by atoms with Crippen molar-refractivity contribution in [1.29, 1.82) is 0 Å². The van der Waals surface area contributed by atoms with Gasteiger partial charge in [0.1, 0.15) is 11.9 Å². The van der Waals surface area contributed by atoms with Gasteiger partial charge in [0.05, 0.1) is 4.47 Å². The van der Waals surface area contributed by atoms with Crippen LogP contribution in [-0.2, 0) is 5.41 Å². The Morgan fingerprint density at radius 2 is 1.89 bits per heavy atom. The number of aliphatic hydroxyl groups excluding tert-OH is 1. The number of hydrogen-bond acceptors (Lipinski definition) is 2. The van der Waals surface area contributed by atoms with E-state index in [0.29, 0.717) is 10.0 Å². The van der Waals surface area contributed by atoms with Gasteiger partial charge < -0.3 is 5.11 Å². The summed E-state index contributed by atoms with van der Waals surface area (Å²) in [5.41, 5.74) is 0.343. The molecule has 1 nitrogen and oxygen atoms in total. The summed E-state index contributed by atoms with van der Waals surface area (Å²) in [7, 11) is 0. The van der Waals surface area contributed by atoms with Crippen LogP contribution in [0.25, 0.3) is 0 Å². The van der Waals surface area contributed by atoms with Gasteiger partial charge in [0, 0.05) is 15.3 Å². The van der Waals surface area contributed by atoms with Gasteiger partial charge in [0.25, 0.3) is 0 Å². The van der Waals surface area contributed by atoms with Crippen LogP contribution in [0.4, 0.5) is 4.39 Å². The summed E-state index contributed by atoms with van der Waals surface area (Å²) in [4.78, 5) is 1.94. The van der Waals surface area contributed by atoms with Crippen LogP contribution in [0.2, 0.25) is 0 Å². The van der Waals surface area contributed by atoms with E-state index in [4.69, 9.17) is 0 Å². The largest absolute Gasteiger partial charge is 0.383 e. The Morgan fingerprint density at radius 1 is 1.21 bits per heavy atom. The molecule has 4 heteroatoms. The number of rotatable bonds is 2. The van der Waals surface area contributed by atoms with E-state index in [1.54, 1.807) is 18.2 Å². The molecule has 0 aliphatic heterocycles. The summed E-state index contributed by atoms with van der Waals surface area (Å²) in [6.07, 6.45) is -0.918. The molecule has 2 aromatic rings. The second-order valence-corrected chi connectivity index (χ2v) is 7.47. The zero-order valence-corrected chi connectivity index (χ0v) is 13.5. The first-order valence-corrected chi connectivity index (χ1v) is 7.64. The fourth-order valence-corrected chi connectivity index (χ4v) is 3.24. The van der Waals surface area contributed by atoms with Gasteiger partial charge in [-0.05, 0) is 39.5 Å². The van der Waals surface area contributed by atoms with Crippen molar-refractivity contribution in [3.05, 3.63) is 55.9 Å². The fourth-order valence-electron chi connectivity index (χ4n) is 1.79. The minimum absolute atomic E-state index is 0.0401. The Kier molecular flexibility index (Phi) is 4.14. The Morgan fingerprint density at radius 3 is 2.47 bits per heavy atom. The average molecular weight is 343 g/mol. The molecule has 0 fully saturated rings. The van der Waals surface area contributed by atoms with Crippen molar-refractivity contribution in [3.63, 3.8) is 0 Å². The predicted octanol–water partition coefficient (Wildman–Crippen LogP) is 5.03. The second-order valence-electron chi connectivity index (χ2n) is 5.50. The van der Waals surface area contributed by atoms with Crippen LogP contribution in [0.15, 0.2) is 34.8 Å². The first-order valence-electron chi connectivity index (χ1n) is 6.03. The minimum Gasteiger partial charge on any atom is -0.383 e. The highest BCUT2D eigenvalue weighted by Crippen LogP contribution is 2.36. The van der Waals surface area contributed by atoms with E-state index < -0.39 is 11.9 Å². The molecule has 0 saturated carbocycles. The van der Waals surface area contributed by atoms with E-state index in [-0.39, 0.29) is 5.41 Å². The maximum absolute atomic E-state index is 14.0. The number of halogens is 2. The molecule has 1 unspecified atom stereocenters. The number of benzene rings is 1. The van der Waals surface area contributed by atoms with E-state index in [0.717, 1.165) is 4.88 Å².